The average molecular weight is 318 g/mol. The van der Waals surface area contributed by atoms with Gasteiger partial charge in [0.05, 0.1) is 22.1 Å². The first-order valence-electron chi connectivity index (χ1n) is 8.50. The molecule has 2 nitrogen and oxygen atoms in total. The van der Waals surface area contributed by atoms with Gasteiger partial charge >= 0.3 is 0 Å². The highest BCUT2D eigenvalue weighted by Crippen LogP contribution is 2.36. The van der Waals surface area contributed by atoms with Crippen molar-refractivity contribution >= 4 is 49.0 Å². The van der Waals surface area contributed by atoms with Crippen LogP contribution in [0.5, 0.6) is 0 Å². The zero-order valence-corrected chi connectivity index (χ0v) is 13.5. The second-order valence-corrected chi connectivity index (χ2v) is 6.50. The molecule has 3 heterocycles. The number of aromatic nitrogens is 2. The average Bonchev–Trinajstić information content (AvgIpc) is 3.07. The van der Waals surface area contributed by atoms with Gasteiger partial charge in [0.2, 0.25) is 0 Å². The third-order valence-corrected chi connectivity index (χ3v) is 5.18. The smallest absolute Gasteiger partial charge is 0.0787 e. The van der Waals surface area contributed by atoms with Crippen LogP contribution in [0.25, 0.3) is 49.0 Å². The van der Waals surface area contributed by atoms with Gasteiger partial charge in [-0.05, 0) is 24.3 Å². The van der Waals surface area contributed by atoms with Crippen LogP contribution in [0, 0.1) is 0 Å². The molecule has 0 aliphatic carbocycles. The fourth-order valence-electron chi connectivity index (χ4n) is 4.12. The topological polar surface area (TPSA) is 17.3 Å². The molecule has 3 aromatic carbocycles. The molecule has 0 bridgehead atoms. The lowest BCUT2D eigenvalue weighted by molar-refractivity contribution is 1.35. The normalized spacial score (nSPS) is 12.0. The van der Waals surface area contributed by atoms with E-state index in [-0.39, 0.29) is 0 Å². The predicted molar refractivity (Wildman–Crippen MR) is 105 cm³/mol. The van der Waals surface area contributed by atoms with Crippen molar-refractivity contribution < 1.29 is 0 Å². The van der Waals surface area contributed by atoms with E-state index < -0.39 is 0 Å². The molecule has 6 aromatic rings. The van der Waals surface area contributed by atoms with Crippen LogP contribution in [0.4, 0.5) is 0 Å². The van der Waals surface area contributed by atoms with E-state index in [0.29, 0.717) is 0 Å². The Morgan fingerprint density at radius 1 is 0.600 bits per heavy atom. The monoisotopic (exact) mass is 318 g/mol. The van der Waals surface area contributed by atoms with E-state index in [0.717, 1.165) is 5.52 Å². The molecule has 0 saturated heterocycles. The van der Waals surface area contributed by atoms with Crippen molar-refractivity contribution in [2.45, 2.75) is 0 Å². The van der Waals surface area contributed by atoms with Crippen LogP contribution >= 0.6 is 0 Å². The number of hydrogen-bond donors (Lipinski definition) is 0. The zero-order valence-electron chi connectivity index (χ0n) is 13.5. The summed E-state index contributed by atoms with van der Waals surface area (Å²) in [5, 5.41) is 6.18. The molecule has 25 heavy (non-hydrogen) atoms. The fourth-order valence-corrected chi connectivity index (χ4v) is 4.12. The number of rotatable bonds is 0. The lowest BCUT2D eigenvalue weighted by atomic mass is 10.0. The Kier molecular flexibility index (Phi) is 2.37. The molecular formula is C23H14N2. The highest BCUT2D eigenvalue weighted by Gasteiger charge is 2.14. The minimum atomic E-state index is 1.07. The van der Waals surface area contributed by atoms with Gasteiger partial charge in [-0.15, -0.1) is 0 Å². The summed E-state index contributed by atoms with van der Waals surface area (Å²) in [6.45, 7) is 0. The van der Waals surface area contributed by atoms with Crippen molar-refractivity contribution in [3.8, 4) is 0 Å². The Bertz CT molecular complexity index is 1440. The number of benzene rings is 3. The molecule has 0 N–H and O–H groups in total. The summed E-state index contributed by atoms with van der Waals surface area (Å²) in [6.07, 6.45) is 1.88. The minimum Gasteiger partial charge on any atom is -0.309 e. The molecule has 0 aliphatic rings. The van der Waals surface area contributed by atoms with Crippen LogP contribution in [-0.4, -0.2) is 9.38 Å². The Morgan fingerprint density at radius 3 is 2.32 bits per heavy atom. The van der Waals surface area contributed by atoms with Crippen LogP contribution < -0.4 is 0 Å². The first-order valence-corrected chi connectivity index (χ1v) is 8.50. The van der Waals surface area contributed by atoms with Crippen molar-refractivity contribution in [1.82, 2.24) is 9.38 Å². The van der Waals surface area contributed by atoms with Crippen LogP contribution in [0.15, 0.2) is 85.1 Å². The molecule has 116 valence electrons. The van der Waals surface area contributed by atoms with Crippen molar-refractivity contribution in [3.05, 3.63) is 85.1 Å². The van der Waals surface area contributed by atoms with Crippen LogP contribution in [0.1, 0.15) is 0 Å². The van der Waals surface area contributed by atoms with E-state index in [9.17, 15) is 0 Å². The number of pyridine rings is 2. The van der Waals surface area contributed by atoms with Gasteiger partial charge in [-0.1, -0.05) is 54.6 Å². The van der Waals surface area contributed by atoms with Crippen LogP contribution in [0.3, 0.4) is 0 Å². The van der Waals surface area contributed by atoms with Crippen molar-refractivity contribution in [2.75, 3.05) is 0 Å². The molecule has 0 amide bonds. The minimum absolute atomic E-state index is 1.07. The first-order chi connectivity index (χ1) is 12.4. The van der Waals surface area contributed by atoms with E-state index in [1.165, 1.54) is 43.5 Å². The number of fused-ring (bicyclic) bond motifs is 10. The van der Waals surface area contributed by atoms with E-state index >= 15 is 0 Å². The number of nitrogens with zero attached hydrogens (tertiary/aromatic N) is 2. The predicted octanol–water partition coefficient (Wildman–Crippen LogP) is 5.95. The summed E-state index contributed by atoms with van der Waals surface area (Å²) in [5.74, 6) is 0. The van der Waals surface area contributed by atoms with E-state index in [1.807, 2.05) is 12.3 Å². The van der Waals surface area contributed by atoms with E-state index in [1.54, 1.807) is 0 Å². The summed E-state index contributed by atoms with van der Waals surface area (Å²) in [6, 6.07) is 28.1. The van der Waals surface area contributed by atoms with E-state index in [2.05, 4.69) is 77.2 Å². The number of hydrogen-bond acceptors (Lipinski definition) is 1. The maximum Gasteiger partial charge on any atom is 0.0787 e. The summed E-state index contributed by atoms with van der Waals surface area (Å²) in [5.41, 5.74) is 4.78. The molecule has 0 atom stereocenters. The van der Waals surface area contributed by atoms with Crippen molar-refractivity contribution in [2.24, 2.45) is 0 Å². The molecule has 6 rings (SSSR count). The highest BCUT2D eigenvalue weighted by molar-refractivity contribution is 6.23. The van der Waals surface area contributed by atoms with Gasteiger partial charge in [-0.3, -0.25) is 4.98 Å². The lowest BCUT2D eigenvalue weighted by Crippen LogP contribution is -1.92. The third kappa shape index (κ3) is 1.61. The second-order valence-electron chi connectivity index (χ2n) is 6.50. The van der Waals surface area contributed by atoms with Crippen LogP contribution in [0.2, 0.25) is 0 Å². The summed E-state index contributed by atoms with van der Waals surface area (Å²) < 4.78 is 2.38. The van der Waals surface area contributed by atoms with Gasteiger partial charge < -0.3 is 4.40 Å². The maximum atomic E-state index is 4.71. The quantitative estimate of drug-likeness (QED) is 0.316. The van der Waals surface area contributed by atoms with Gasteiger partial charge in [-0.25, -0.2) is 0 Å². The summed E-state index contributed by atoms with van der Waals surface area (Å²) in [7, 11) is 0. The zero-order chi connectivity index (χ0) is 16.4. The second kappa shape index (κ2) is 4.58. The molecule has 3 aromatic heterocycles. The van der Waals surface area contributed by atoms with Crippen molar-refractivity contribution in [1.29, 1.82) is 0 Å². The molecule has 0 spiro atoms. The molecule has 0 fully saturated rings. The van der Waals surface area contributed by atoms with Gasteiger partial charge in [0.1, 0.15) is 0 Å². The largest absolute Gasteiger partial charge is 0.309 e. The summed E-state index contributed by atoms with van der Waals surface area (Å²) in [4.78, 5) is 4.71. The fraction of sp³-hybridized carbons (Fsp3) is 0. The SMILES string of the molecule is c1cnc2c(c1)ccc1c2c2ccccc2n2c3ccccc3cc12. The lowest BCUT2D eigenvalue weighted by Gasteiger charge is -2.11. The Hall–Kier alpha value is -3.39. The van der Waals surface area contributed by atoms with Crippen molar-refractivity contribution in [3.63, 3.8) is 0 Å². The van der Waals surface area contributed by atoms with Gasteiger partial charge in [0, 0.05) is 33.1 Å². The Balaban J connectivity index is 2.06. The first kappa shape index (κ1) is 13.0. The molecule has 0 saturated carbocycles. The van der Waals surface area contributed by atoms with E-state index in [4.69, 9.17) is 4.98 Å². The molecular weight excluding hydrogens is 304 g/mol. The van der Waals surface area contributed by atoms with Gasteiger partial charge in [0.15, 0.2) is 0 Å². The third-order valence-electron chi connectivity index (χ3n) is 5.18. The molecule has 0 aliphatic heterocycles. The molecule has 2 heteroatoms. The highest BCUT2D eigenvalue weighted by atomic mass is 14.9. The van der Waals surface area contributed by atoms with Gasteiger partial charge in [-0.2, -0.15) is 0 Å². The molecule has 0 unspecified atom stereocenters. The Labute approximate surface area is 143 Å². The van der Waals surface area contributed by atoms with Gasteiger partial charge in [0.25, 0.3) is 0 Å². The maximum absolute atomic E-state index is 4.71. The van der Waals surface area contributed by atoms with Crippen LogP contribution in [-0.2, 0) is 0 Å². The Morgan fingerprint density at radius 2 is 1.36 bits per heavy atom. The summed E-state index contributed by atoms with van der Waals surface area (Å²) >= 11 is 0. The molecule has 0 radical (unpaired) electrons. The standard InChI is InChI=1S/C23H14N2/c1-3-9-19-16(6-1)14-21-18-12-11-15-7-5-13-24-23(15)22(18)17-8-2-4-10-20(17)25(19)21/h1-14H. The number of para-hydroxylation sites is 2.